The van der Waals surface area contributed by atoms with Crippen LogP contribution in [0.1, 0.15) is 39.4 Å². The molecule has 0 unspecified atom stereocenters. The summed E-state index contributed by atoms with van der Waals surface area (Å²) in [5.41, 5.74) is 1.65. The summed E-state index contributed by atoms with van der Waals surface area (Å²) in [6.07, 6.45) is 5.49. The number of hydrogen-bond acceptors (Lipinski definition) is 3. The Hall–Kier alpha value is -2.63. The lowest BCUT2D eigenvalue weighted by molar-refractivity contribution is 0.0792. The van der Waals surface area contributed by atoms with Crippen LogP contribution in [0.2, 0.25) is 0 Å². The molecule has 2 amide bonds. The molecule has 1 aromatic carbocycles. The molecule has 2 heterocycles. The number of amides is 2. The number of aromatic nitrogens is 2. The fraction of sp³-hybridized carbons (Fsp3) is 0.353. The van der Waals surface area contributed by atoms with Gasteiger partial charge in [-0.05, 0) is 30.5 Å². The van der Waals surface area contributed by atoms with Gasteiger partial charge < -0.3 is 14.8 Å². The third kappa shape index (κ3) is 3.41. The topological polar surface area (TPSA) is 67.2 Å². The van der Waals surface area contributed by atoms with Crippen LogP contribution in [0, 0.1) is 0 Å². The fourth-order valence-electron chi connectivity index (χ4n) is 2.71. The number of nitrogens with one attached hydrogen (secondary N) is 1. The van der Waals surface area contributed by atoms with Crippen molar-refractivity contribution in [3.63, 3.8) is 0 Å². The normalized spacial score (nSPS) is 14.0. The molecule has 1 N–H and O–H groups in total. The summed E-state index contributed by atoms with van der Waals surface area (Å²) in [5, 5.41) is 2.83. The summed E-state index contributed by atoms with van der Waals surface area (Å²) in [7, 11) is 1.78. The lowest BCUT2D eigenvalue weighted by atomic mass is 10.1. The Kier molecular flexibility index (Phi) is 4.41. The number of nitrogens with zero attached hydrogens (tertiary/aromatic N) is 3. The van der Waals surface area contributed by atoms with Crippen LogP contribution >= 0.6 is 0 Å². The van der Waals surface area contributed by atoms with Gasteiger partial charge in [0.25, 0.3) is 11.8 Å². The highest BCUT2D eigenvalue weighted by Gasteiger charge is 2.19. The second-order valence-corrected chi connectivity index (χ2v) is 5.74. The van der Waals surface area contributed by atoms with E-state index in [9.17, 15) is 9.59 Å². The molecule has 1 saturated heterocycles. The van der Waals surface area contributed by atoms with Crippen molar-refractivity contribution in [2.45, 2.75) is 19.4 Å². The molecular formula is C17H20N4O2. The second kappa shape index (κ2) is 6.64. The van der Waals surface area contributed by atoms with Crippen molar-refractivity contribution in [2.75, 3.05) is 13.1 Å². The molecule has 6 nitrogen and oxygen atoms in total. The van der Waals surface area contributed by atoms with Gasteiger partial charge in [0.1, 0.15) is 0 Å². The Morgan fingerprint density at radius 1 is 1.17 bits per heavy atom. The number of rotatable bonds is 4. The highest BCUT2D eigenvalue weighted by Crippen LogP contribution is 2.13. The number of carbonyl (C=O) groups excluding carboxylic acids is 2. The van der Waals surface area contributed by atoms with Crippen molar-refractivity contribution >= 4 is 11.8 Å². The van der Waals surface area contributed by atoms with Gasteiger partial charge >= 0.3 is 0 Å². The third-order valence-corrected chi connectivity index (χ3v) is 4.07. The Labute approximate surface area is 135 Å². The second-order valence-electron chi connectivity index (χ2n) is 5.74. The van der Waals surface area contributed by atoms with E-state index in [1.165, 1.54) is 0 Å². The van der Waals surface area contributed by atoms with Crippen LogP contribution in [-0.4, -0.2) is 39.4 Å². The number of benzene rings is 1. The largest absolute Gasteiger partial charge is 0.345 e. The maximum Gasteiger partial charge on any atom is 0.287 e. The summed E-state index contributed by atoms with van der Waals surface area (Å²) in [6.45, 7) is 2.10. The van der Waals surface area contributed by atoms with E-state index in [0.29, 0.717) is 17.9 Å². The molecule has 2 aromatic rings. The minimum Gasteiger partial charge on any atom is -0.345 e. The van der Waals surface area contributed by atoms with E-state index >= 15 is 0 Å². The first-order chi connectivity index (χ1) is 11.1. The van der Waals surface area contributed by atoms with Crippen molar-refractivity contribution in [2.24, 2.45) is 7.05 Å². The molecule has 0 radical (unpaired) electrons. The first-order valence-corrected chi connectivity index (χ1v) is 7.79. The summed E-state index contributed by atoms with van der Waals surface area (Å²) in [6, 6.07) is 7.40. The molecule has 0 atom stereocenters. The fourth-order valence-corrected chi connectivity index (χ4v) is 2.71. The molecule has 0 bridgehead atoms. The van der Waals surface area contributed by atoms with Crippen LogP contribution in [-0.2, 0) is 13.6 Å². The molecule has 0 spiro atoms. The number of hydrogen-bond donors (Lipinski definition) is 1. The number of carbonyl (C=O) groups is 2. The van der Waals surface area contributed by atoms with Crippen molar-refractivity contribution in [1.82, 2.24) is 19.8 Å². The molecular weight excluding hydrogens is 292 g/mol. The van der Waals surface area contributed by atoms with E-state index in [1.54, 1.807) is 24.0 Å². The summed E-state index contributed by atoms with van der Waals surface area (Å²) >= 11 is 0. The SMILES string of the molecule is Cn1ccnc1C(=O)NCc1ccc(C(=O)N2CCCC2)cc1. The van der Waals surface area contributed by atoms with E-state index < -0.39 is 0 Å². The molecule has 6 heteroatoms. The lowest BCUT2D eigenvalue weighted by Gasteiger charge is -2.15. The monoisotopic (exact) mass is 312 g/mol. The van der Waals surface area contributed by atoms with E-state index in [-0.39, 0.29) is 11.8 Å². The Balaban J connectivity index is 1.58. The minimum atomic E-state index is -0.213. The van der Waals surface area contributed by atoms with Gasteiger partial charge in [0.15, 0.2) is 5.82 Å². The van der Waals surface area contributed by atoms with E-state index in [4.69, 9.17) is 0 Å². The first-order valence-electron chi connectivity index (χ1n) is 7.79. The first kappa shape index (κ1) is 15.3. The molecule has 3 rings (SSSR count). The van der Waals surface area contributed by atoms with Gasteiger partial charge in [0, 0.05) is 44.6 Å². The standard InChI is InChI=1S/C17H20N4O2/c1-20-11-8-18-15(20)16(22)19-12-13-4-6-14(7-5-13)17(23)21-9-2-3-10-21/h4-8,11H,2-3,9-10,12H2,1H3,(H,19,22). The van der Waals surface area contributed by atoms with Gasteiger partial charge in [-0.1, -0.05) is 12.1 Å². The average molecular weight is 312 g/mol. The predicted molar refractivity (Wildman–Crippen MR) is 86.0 cm³/mol. The van der Waals surface area contributed by atoms with Gasteiger partial charge in [-0.15, -0.1) is 0 Å². The highest BCUT2D eigenvalue weighted by atomic mass is 16.2. The Morgan fingerprint density at radius 2 is 1.87 bits per heavy atom. The zero-order chi connectivity index (χ0) is 16.2. The highest BCUT2D eigenvalue weighted by molar-refractivity contribution is 5.94. The minimum absolute atomic E-state index is 0.0890. The number of likely N-dealkylation sites (tertiary alicyclic amines) is 1. The van der Waals surface area contributed by atoms with Crippen molar-refractivity contribution in [3.8, 4) is 0 Å². The molecule has 23 heavy (non-hydrogen) atoms. The smallest absolute Gasteiger partial charge is 0.287 e. The van der Waals surface area contributed by atoms with Crippen LogP contribution in [0.15, 0.2) is 36.7 Å². The quantitative estimate of drug-likeness (QED) is 0.932. The van der Waals surface area contributed by atoms with Crippen molar-refractivity contribution in [1.29, 1.82) is 0 Å². The van der Waals surface area contributed by atoms with Crippen molar-refractivity contribution in [3.05, 3.63) is 53.6 Å². The molecule has 120 valence electrons. The van der Waals surface area contributed by atoms with Crippen LogP contribution in [0.3, 0.4) is 0 Å². The maximum absolute atomic E-state index is 12.3. The van der Waals surface area contributed by atoms with Gasteiger partial charge in [-0.25, -0.2) is 4.98 Å². The Morgan fingerprint density at radius 3 is 2.48 bits per heavy atom. The molecule has 0 aliphatic carbocycles. The van der Waals surface area contributed by atoms with Gasteiger partial charge in [0.2, 0.25) is 0 Å². The number of aryl methyl sites for hydroxylation is 1. The maximum atomic E-state index is 12.3. The molecule has 0 saturated carbocycles. The van der Waals surface area contributed by atoms with Gasteiger partial charge in [-0.2, -0.15) is 0 Å². The molecule has 1 fully saturated rings. The third-order valence-electron chi connectivity index (χ3n) is 4.07. The van der Waals surface area contributed by atoms with Crippen LogP contribution in [0.5, 0.6) is 0 Å². The zero-order valence-corrected chi connectivity index (χ0v) is 13.2. The summed E-state index contributed by atoms with van der Waals surface area (Å²) in [5.74, 6) is 0.256. The van der Waals surface area contributed by atoms with Gasteiger partial charge in [-0.3, -0.25) is 9.59 Å². The summed E-state index contributed by atoms with van der Waals surface area (Å²) in [4.78, 5) is 30.2. The van der Waals surface area contributed by atoms with Gasteiger partial charge in [0.05, 0.1) is 0 Å². The Bertz CT molecular complexity index is 700. The lowest BCUT2D eigenvalue weighted by Crippen LogP contribution is -2.27. The predicted octanol–water partition coefficient (Wildman–Crippen LogP) is 1.59. The molecule has 1 aromatic heterocycles. The molecule has 1 aliphatic rings. The van der Waals surface area contributed by atoms with E-state index in [1.807, 2.05) is 29.2 Å². The molecule has 1 aliphatic heterocycles. The van der Waals surface area contributed by atoms with E-state index in [0.717, 1.165) is 31.5 Å². The number of imidazole rings is 1. The van der Waals surface area contributed by atoms with Crippen LogP contribution < -0.4 is 5.32 Å². The van der Waals surface area contributed by atoms with Crippen LogP contribution in [0.4, 0.5) is 0 Å². The van der Waals surface area contributed by atoms with Crippen molar-refractivity contribution < 1.29 is 9.59 Å². The zero-order valence-electron chi connectivity index (χ0n) is 13.2. The van der Waals surface area contributed by atoms with E-state index in [2.05, 4.69) is 10.3 Å². The average Bonchev–Trinajstić information content (AvgIpc) is 3.24. The summed E-state index contributed by atoms with van der Waals surface area (Å²) < 4.78 is 1.67. The van der Waals surface area contributed by atoms with Crippen LogP contribution in [0.25, 0.3) is 0 Å².